The highest BCUT2D eigenvalue weighted by atomic mass is 16.6. The van der Waals surface area contributed by atoms with Gasteiger partial charge in [-0.25, -0.2) is 9.59 Å². The molecule has 3 aromatic carbocycles. The molecule has 4 heteroatoms. The van der Waals surface area contributed by atoms with Crippen molar-refractivity contribution in [1.29, 1.82) is 0 Å². The van der Waals surface area contributed by atoms with Gasteiger partial charge in [0.25, 0.3) is 0 Å². The molecule has 1 unspecified atom stereocenters. The van der Waals surface area contributed by atoms with E-state index in [0.29, 0.717) is 17.0 Å². The fourth-order valence-electron chi connectivity index (χ4n) is 5.23. The van der Waals surface area contributed by atoms with Gasteiger partial charge in [0.1, 0.15) is 6.61 Å². The summed E-state index contributed by atoms with van der Waals surface area (Å²) >= 11 is 0. The summed E-state index contributed by atoms with van der Waals surface area (Å²) in [5, 5.41) is 0. The summed E-state index contributed by atoms with van der Waals surface area (Å²) in [5.74, 6) is 0.593. The number of carbonyl (C=O) groups excluding carboxylic acids is 2. The zero-order valence-corrected chi connectivity index (χ0v) is 21.8. The molecule has 1 aliphatic rings. The third-order valence-electron chi connectivity index (χ3n) is 7.48. The Morgan fingerprint density at radius 2 is 1.38 bits per heavy atom. The van der Waals surface area contributed by atoms with Crippen molar-refractivity contribution in [2.45, 2.75) is 70.3 Å². The van der Waals surface area contributed by atoms with E-state index < -0.39 is 18.0 Å². The molecule has 4 nitrogen and oxygen atoms in total. The highest BCUT2D eigenvalue weighted by Gasteiger charge is 2.23. The van der Waals surface area contributed by atoms with E-state index >= 15 is 0 Å². The second kappa shape index (κ2) is 13.8. The first-order valence-electron chi connectivity index (χ1n) is 13.7. The Morgan fingerprint density at radius 1 is 0.757 bits per heavy atom. The highest BCUT2D eigenvalue weighted by Crippen LogP contribution is 2.37. The molecule has 1 fully saturated rings. The second-order valence-corrected chi connectivity index (χ2v) is 10.1. The summed E-state index contributed by atoms with van der Waals surface area (Å²) in [6, 6.07) is 26.1. The van der Waals surface area contributed by atoms with E-state index in [1.165, 1.54) is 56.9 Å². The van der Waals surface area contributed by atoms with E-state index in [9.17, 15) is 9.59 Å². The average molecular weight is 499 g/mol. The molecule has 194 valence electrons. The lowest BCUT2D eigenvalue weighted by Crippen LogP contribution is -2.19. The molecule has 3 aromatic rings. The lowest BCUT2D eigenvalue weighted by Gasteiger charge is -2.29. The quantitative estimate of drug-likeness (QED) is 0.197. The molecular formula is C33H38O4. The molecule has 0 N–H and O–H groups in total. The van der Waals surface area contributed by atoms with Crippen LogP contribution in [0.3, 0.4) is 0 Å². The zero-order valence-electron chi connectivity index (χ0n) is 21.8. The van der Waals surface area contributed by atoms with Crippen LogP contribution in [-0.2, 0) is 9.47 Å². The standard InChI is InChI=1S/C33H38O4/c1-2-3-6-11-25-16-18-26(19-17-25)27-20-22-30(23-21-27)32(34)36-24-31(28-12-7-4-8-13-28)37-33(35)29-14-9-5-10-15-29/h4-5,7-10,12-15,20-23,25-26,31H,2-3,6,11,16-19,24H2,1H3. The van der Waals surface area contributed by atoms with Crippen LogP contribution in [0.5, 0.6) is 0 Å². The smallest absolute Gasteiger partial charge is 0.338 e. The van der Waals surface area contributed by atoms with Crippen LogP contribution in [0.4, 0.5) is 0 Å². The van der Waals surface area contributed by atoms with Crippen molar-refractivity contribution in [2.75, 3.05) is 6.61 Å². The van der Waals surface area contributed by atoms with Crippen LogP contribution in [0.25, 0.3) is 0 Å². The molecule has 0 spiro atoms. The predicted molar refractivity (Wildman–Crippen MR) is 147 cm³/mol. The number of hydrogen-bond acceptors (Lipinski definition) is 4. The fourth-order valence-corrected chi connectivity index (χ4v) is 5.23. The largest absolute Gasteiger partial charge is 0.458 e. The van der Waals surface area contributed by atoms with Gasteiger partial charge in [-0.2, -0.15) is 0 Å². The zero-order chi connectivity index (χ0) is 25.9. The van der Waals surface area contributed by atoms with Crippen LogP contribution in [0.2, 0.25) is 0 Å². The van der Waals surface area contributed by atoms with Crippen molar-refractivity contribution in [3.63, 3.8) is 0 Å². The molecule has 0 aromatic heterocycles. The minimum Gasteiger partial charge on any atom is -0.458 e. The van der Waals surface area contributed by atoms with Crippen molar-refractivity contribution >= 4 is 11.9 Å². The van der Waals surface area contributed by atoms with Gasteiger partial charge >= 0.3 is 11.9 Å². The van der Waals surface area contributed by atoms with Crippen LogP contribution in [0.15, 0.2) is 84.9 Å². The number of hydrogen-bond donors (Lipinski definition) is 0. The van der Waals surface area contributed by atoms with E-state index in [-0.39, 0.29) is 6.61 Å². The number of ether oxygens (including phenoxy) is 2. The fraction of sp³-hybridized carbons (Fsp3) is 0.394. The molecule has 37 heavy (non-hydrogen) atoms. The third-order valence-corrected chi connectivity index (χ3v) is 7.48. The van der Waals surface area contributed by atoms with E-state index in [4.69, 9.17) is 9.47 Å². The monoisotopic (exact) mass is 498 g/mol. The van der Waals surface area contributed by atoms with Crippen molar-refractivity contribution in [3.8, 4) is 0 Å². The summed E-state index contributed by atoms with van der Waals surface area (Å²) in [4.78, 5) is 25.5. The molecular weight excluding hydrogens is 460 g/mol. The Morgan fingerprint density at radius 3 is 2.03 bits per heavy atom. The first-order chi connectivity index (χ1) is 18.1. The predicted octanol–water partition coefficient (Wildman–Crippen LogP) is 8.30. The van der Waals surface area contributed by atoms with Gasteiger partial charge < -0.3 is 9.47 Å². The number of unbranched alkanes of at least 4 members (excludes halogenated alkanes) is 2. The topological polar surface area (TPSA) is 52.6 Å². The maximum absolute atomic E-state index is 12.8. The van der Waals surface area contributed by atoms with Crippen LogP contribution in [-0.4, -0.2) is 18.5 Å². The van der Waals surface area contributed by atoms with Gasteiger partial charge in [0.15, 0.2) is 6.10 Å². The molecule has 0 radical (unpaired) electrons. The number of rotatable bonds is 11. The molecule has 0 amide bonds. The normalized spacial score (nSPS) is 18.1. The number of benzene rings is 3. The SMILES string of the molecule is CCCCCC1CCC(c2ccc(C(=O)OCC(OC(=O)c3ccccc3)c3ccccc3)cc2)CC1. The minimum atomic E-state index is -0.690. The Kier molecular flexibility index (Phi) is 9.93. The Hall–Kier alpha value is -3.40. The van der Waals surface area contributed by atoms with Gasteiger partial charge in [-0.3, -0.25) is 0 Å². The molecule has 1 aliphatic carbocycles. The lowest BCUT2D eigenvalue weighted by molar-refractivity contribution is -0.00133. The first kappa shape index (κ1) is 26.7. The van der Waals surface area contributed by atoms with Crippen LogP contribution >= 0.6 is 0 Å². The lowest BCUT2D eigenvalue weighted by atomic mass is 9.77. The average Bonchev–Trinajstić information content (AvgIpc) is 2.96. The van der Waals surface area contributed by atoms with Crippen molar-refractivity contribution in [2.24, 2.45) is 5.92 Å². The van der Waals surface area contributed by atoms with E-state index in [0.717, 1.165) is 11.5 Å². The summed E-state index contributed by atoms with van der Waals surface area (Å²) in [7, 11) is 0. The minimum absolute atomic E-state index is 0.0504. The van der Waals surface area contributed by atoms with Gasteiger partial charge in [0.2, 0.25) is 0 Å². The van der Waals surface area contributed by atoms with Gasteiger partial charge in [0, 0.05) is 0 Å². The molecule has 1 atom stereocenters. The van der Waals surface area contributed by atoms with Crippen LogP contribution in [0.1, 0.15) is 102 Å². The van der Waals surface area contributed by atoms with E-state index in [1.54, 1.807) is 24.3 Å². The maximum Gasteiger partial charge on any atom is 0.338 e. The molecule has 0 saturated heterocycles. The molecule has 0 heterocycles. The summed E-state index contributed by atoms with van der Waals surface area (Å²) < 4.78 is 11.3. The molecule has 1 saturated carbocycles. The van der Waals surface area contributed by atoms with Crippen molar-refractivity contribution in [1.82, 2.24) is 0 Å². The molecule has 0 aliphatic heterocycles. The summed E-state index contributed by atoms with van der Waals surface area (Å²) in [5.41, 5.74) is 3.06. The van der Waals surface area contributed by atoms with E-state index in [2.05, 4.69) is 19.1 Å². The Labute approximate surface area is 221 Å². The summed E-state index contributed by atoms with van der Waals surface area (Å²) in [6.07, 6.45) is 9.74. The van der Waals surface area contributed by atoms with Gasteiger partial charge in [0.05, 0.1) is 11.1 Å². The van der Waals surface area contributed by atoms with Crippen molar-refractivity contribution in [3.05, 3.63) is 107 Å². The van der Waals surface area contributed by atoms with Gasteiger partial charge in [-0.05, 0) is 72.9 Å². The van der Waals surface area contributed by atoms with E-state index in [1.807, 2.05) is 48.5 Å². The maximum atomic E-state index is 12.8. The van der Waals surface area contributed by atoms with Crippen molar-refractivity contribution < 1.29 is 19.1 Å². The highest BCUT2D eigenvalue weighted by molar-refractivity contribution is 5.90. The third kappa shape index (κ3) is 7.79. The summed E-state index contributed by atoms with van der Waals surface area (Å²) in [6.45, 7) is 2.21. The molecule has 0 bridgehead atoms. The Balaban J connectivity index is 1.32. The van der Waals surface area contributed by atoms with Gasteiger partial charge in [-0.1, -0.05) is 93.3 Å². The second-order valence-electron chi connectivity index (χ2n) is 10.1. The Bertz CT molecular complexity index is 1100. The van der Waals surface area contributed by atoms with Gasteiger partial charge in [-0.15, -0.1) is 0 Å². The number of carbonyl (C=O) groups is 2. The van der Waals surface area contributed by atoms with Crippen LogP contribution in [0, 0.1) is 5.92 Å². The molecule has 4 rings (SSSR count). The van der Waals surface area contributed by atoms with Crippen LogP contribution < -0.4 is 0 Å². The first-order valence-corrected chi connectivity index (χ1v) is 13.7. The number of esters is 2.